The molecule has 0 aliphatic rings. The number of hydrogen-bond donors (Lipinski definition) is 1. The topological polar surface area (TPSA) is 96.8 Å². The number of primary sulfonamides is 1. The average Bonchev–Trinajstić information content (AvgIpc) is 2.14. The average molecular weight is 247 g/mol. The lowest BCUT2D eigenvalue weighted by molar-refractivity contribution is 0.145. The van der Waals surface area contributed by atoms with E-state index in [1.165, 1.54) is 13.0 Å². The van der Waals surface area contributed by atoms with Crippen molar-refractivity contribution in [1.29, 1.82) is 5.26 Å². The maximum absolute atomic E-state index is 12.4. The summed E-state index contributed by atoms with van der Waals surface area (Å²) in [5.74, 6) is 0. The first-order valence-electron chi connectivity index (χ1n) is 3.99. The van der Waals surface area contributed by atoms with Crippen molar-refractivity contribution in [3.8, 4) is 6.07 Å². The molecule has 0 aromatic carbocycles. The van der Waals surface area contributed by atoms with Gasteiger partial charge in [0.15, 0.2) is 0 Å². The Balaban J connectivity index is 3.61. The Morgan fingerprint density at radius 3 is 2.50 bits per heavy atom. The minimum Gasteiger partial charge on any atom is -0.252 e. The number of sulfonamides is 1. The smallest absolute Gasteiger partial charge is 0.252 e. The molecule has 8 heteroatoms. The monoisotopic (exact) mass is 247 g/mol. The summed E-state index contributed by atoms with van der Waals surface area (Å²) >= 11 is 0. The number of rotatable bonds is 2. The molecule has 2 N–H and O–H groups in total. The van der Waals surface area contributed by atoms with Gasteiger partial charge in [-0.05, 0) is 12.5 Å². The minimum atomic E-state index is -4.07. The molecule has 0 aliphatic heterocycles. The predicted molar refractivity (Wildman–Crippen MR) is 50.0 cm³/mol. The number of nitrogens with two attached hydrogens (primary N) is 1. The zero-order chi connectivity index (χ0) is 12.5. The molecule has 1 heterocycles. The molecule has 0 atom stereocenters. The Morgan fingerprint density at radius 1 is 1.56 bits per heavy atom. The highest BCUT2D eigenvalue weighted by Crippen LogP contribution is 2.25. The molecule has 0 spiro atoms. The van der Waals surface area contributed by atoms with Crippen LogP contribution in [-0.2, 0) is 10.0 Å². The molecular weight excluding hydrogens is 240 g/mol. The van der Waals surface area contributed by atoms with Gasteiger partial charge in [-0.2, -0.15) is 5.26 Å². The third-order valence-electron chi connectivity index (χ3n) is 1.95. The van der Waals surface area contributed by atoms with Gasteiger partial charge in [-0.1, -0.05) is 0 Å². The molecule has 0 amide bonds. The highest BCUT2D eigenvalue weighted by Gasteiger charge is 2.22. The van der Waals surface area contributed by atoms with Crippen LogP contribution in [0.4, 0.5) is 8.78 Å². The molecule has 5 nitrogen and oxygen atoms in total. The number of halogens is 2. The molecule has 1 aromatic rings. The second-order valence-corrected chi connectivity index (χ2v) is 4.50. The third kappa shape index (κ3) is 2.15. The van der Waals surface area contributed by atoms with Crippen LogP contribution in [-0.4, -0.2) is 13.4 Å². The van der Waals surface area contributed by atoms with Crippen LogP contribution >= 0.6 is 0 Å². The van der Waals surface area contributed by atoms with Crippen LogP contribution in [0, 0.1) is 18.3 Å². The highest BCUT2D eigenvalue weighted by molar-refractivity contribution is 7.89. The Labute approximate surface area is 90.6 Å². The quantitative estimate of drug-likeness (QED) is 0.837. The Morgan fingerprint density at radius 2 is 2.12 bits per heavy atom. The fourth-order valence-corrected chi connectivity index (χ4v) is 1.93. The highest BCUT2D eigenvalue weighted by atomic mass is 32.2. The lowest BCUT2D eigenvalue weighted by Crippen LogP contribution is -2.16. The van der Waals surface area contributed by atoms with E-state index in [9.17, 15) is 17.2 Å². The number of nitriles is 1. The van der Waals surface area contributed by atoms with E-state index in [0.717, 1.165) is 6.20 Å². The maximum atomic E-state index is 12.4. The van der Waals surface area contributed by atoms with Gasteiger partial charge in [-0.3, -0.25) is 4.98 Å². The minimum absolute atomic E-state index is 0.115. The molecule has 0 radical (unpaired) electrons. The first-order chi connectivity index (χ1) is 7.29. The van der Waals surface area contributed by atoms with Gasteiger partial charge in [0.05, 0.1) is 5.56 Å². The van der Waals surface area contributed by atoms with Crippen molar-refractivity contribution in [2.45, 2.75) is 18.2 Å². The van der Waals surface area contributed by atoms with Crippen LogP contribution in [0.5, 0.6) is 0 Å². The van der Waals surface area contributed by atoms with E-state index in [2.05, 4.69) is 4.98 Å². The van der Waals surface area contributed by atoms with Crippen LogP contribution in [0.1, 0.15) is 23.2 Å². The third-order valence-corrected chi connectivity index (χ3v) is 2.97. The van der Waals surface area contributed by atoms with Gasteiger partial charge >= 0.3 is 0 Å². The molecular formula is C8H7F2N3O2S. The van der Waals surface area contributed by atoms with Gasteiger partial charge in [-0.25, -0.2) is 22.3 Å². The summed E-state index contributed by atoms with van der Waals surface area (Å²) in [5, 5.41) is 13.5. The Kier molecular flexibility index (Phi) is 3.21. The van der Waals surface area contributed by atoms with E-state index in [1.54, 1.807) is 0 Å². The molecule has 0 saturated carbocycles. The molecule has 86 valence electrons. The van der Waals surface area contributed by atoms with Gasteiger partial charge < -0.3 is 0 Å². The van der Waals surface area contributed by atoms with Gasteiger partial charge in [0.2, 0.25) is 10.0 Å². The molecule has 16 heavy (non-hydrogen) atoms. The van der Waals surface area contributed by atoms with Crippen molar-refractivity contribution in [2.75, 3.05) is 0 Å². The van der Waals surface area contributed by atoms with E-state index in [-0.39, 0.29) is 5.56 Å². The van der Waals surface area contributed by atoms with E-state index < -0.39 is 32.6 Å². The number of nitrogens with zero attached hydrogens (tertiary/aromatic N) is 2. The lowest BCUT2D eigenvalue weighted by Gasteiger charge is -2.08. The van der Waals surface area contributed by atoms with Crippen LogP contribution in [0.25, 0.3) is 0 Å². The summed E-state index contributed by atoms with van der Waals surface area (Å²) in [6.07, 6.45) is -2.21. The van der Waals surface area contributed by atoms with Crippen LogP contribution in [0.2, 0.25) is 0 Å². The van der Waals surface area contributed by atoms with Crippen LogP contribution in [0.3, 0.4) is 0 Å². The summed E-state index contributed by atoms with van der Waals surface area (Å²) in [4.78, 5) is 2.82. The van der Waals surface area contributed by atoms with Crippen molar-refractivity contribution in [2.24, 2.45) is 5.14 Å². The number of hydrogen-bond acceptors (Lipinski definition) is 4. The van der Waals surface area contributed by atoms with Gasteiger partial charge in [-0.15, -0.1) is 0 Å². The first kappa shape index (κ1) is 12.5. The second kappa shape index (κ2) is 4.11. The summed E-state index contributed by atoms with van der Waals surface area (Å²) in [7, 11) is -4.07. The van der Waals surface area contributed by atoms with Crippen LogP contribution < -0.4 is 5.14 Å². The maximum Gasteiger partial charge on any atom is 0.281 e. The Bertz CT molecular complexity index is 563. The second-order valence-electron chi connectivity index (χ2n) is 2.97. The van der Waals surface area contributed by atoms with Crippen molar-refractivity contribution >= 4 is 10.0 Å². The molecule has 0 fully saturated rings. The fraction of sp³-hybridized carbons (Fsp3) is 0.250. The van der Waals surface area contributed by atoms with E-state index >= 15 is 0 Å². The van der Waals surface area contributed by atoms with Gasteiger partial charge in [0.25, 0.3) is 6.43 Å². The number of pyridine rings is 1. The van der Waals surface area contributed by atoms with Crippen molar-refractivity contribution in [3.05, 3.63) is 23.0 Å². The van der Waals surface area contributed by atoms with Crippen molar-refractivity contribution in [3.63, 3.8) is 0 Å². The van der Waals surface area contributed by atoms with E-state index in [4.69, 9.17) is 10.4 Å². The largest absolute Gasteiger partial charge is 0.281 e. The summed E-state index contributed by atoms with van der Waals surface area (Å²) < 4.78 is 46.9. The molecule has 0 saturated heterocycles. The molecule has 1 rings (SSSR count). The van der Waals surface area contributed by atoms with Gasteiger partial charge in [0, 0.05) is 6.20 Å². The number of alkyl halides is 2. The van der Waals surface area contributed by atoms with Crippen LogP contribution in [0.15, 0.2) is 11.1 Å². The SMILES string of the molecule is Cc1c(S(N)(=O)=O)cnc(C(F)F)c1C#N. The van der Waals surface area contributed by atoms with Crippen molar-refractivity contribution in [1.82, 2.24) is 4.98 Å². The lowest BCUT2D eigenvalue weighted by atomic mass is 10.1. The molecule has 0 aliphatic carbocycles. The fourth-order valence-electron chi connectivity index (χ4n) is 1.20. The zero-order valence-corrected chi connectivity index (χ0v) is 8.92. The first-order valence-corrected chi connectivity index (χ1v) is 5.54. The molecule has 0 unspecified atom stereocenters. The Hall–Kier alpha value is -1.59. The summed E-state index contributed by atoms with van der Waals surface area (Å²) in [6, 6.07) is 1.50. The molecule has 1 aromatic heterocycles. The molecule has 0 bridgehead atoms. The summed E-state index contributed by atoms with van der Waals surface area (Å²) in [5.41, 5.74) is -1.32. The zero-order valence-electron chi connectivity index (χ0n) is 8.11. The summed E-state index contributed by atoms with van der Waals surface area (Å²) in [6.45, 7) is 1.23. The van der Waals surface area contributed by atoms with Crippen molar-refractivity contribution < 1.29 is 17.2 Å². The predicted octanol–water partition coefficient (Wildman–Crippen LogP) is 0.847. The standard InChI is InChI=1S/C8H7F2N3O2S/c1-4-5(2-11)7(8(9)10)13-3-6(4)16(12,14)15/h3,8H,1H3,(H2,12,14,15). The normalized spacial score (nSPS) is 11.5. The van der Waals surface area contributed by atoms with E-state index in [0.29, 0.717) is 0 Å². The van der Waals surface area contributed by atoms with E-state index in [1.807, 2.05) is 0 Å². The number of aromatic nitrogens is 1. The van der Waals surface area contributed by atoms with Gasteiger partial charge in [0.1, 0.15) is 16.7 Å².